The molecule has 0 radical (unpaired) electrons. The molecule has 0 aliphatic carbocycles. The Bertz CT molecular complexity index is 519. The van der Waals surface area contributed by atoms with Crippen LogP contribution in [0.3, 0.4) is 0 Å². The number of rotatable bonds is 6. The minimum Gasteiger partial charge on any atom is -0.394 e. The molecule has 9 atom stereocenters. The van der Waals surface area contributed by atoms with Crippen molar-refractivity contribution in [2.24, 2.45) is 5.73 Å². The van der Waals surface area contributed by atoms with Crippen molar-refractivity contribution in [2.75, 3.05) is 19.8 Å². The molecule has 0 unspecified atom stereocenters. The molecule has 2 rings (SSSR count). The molecule has 13 heteroatoms. The van der Waals surface area contributed by atoms with Crippen molar-refractivity contribution in [3.63, 3.8) is 0 Å². The van der Waals surface area contributed by atoms with E-state index >= 15 is 0 Å². The number of amides is 1. The fourth-order valence-corrected chi connectivity index (χ4v) is 2.63. The quantitative estimate of drug-likeness (QED) is 0.185. The van der Waals surface area contributed by atoms with Gasteiger partial charge in [0.15, 0.2) is 6.29 Å². The van der Waals surface area contributed by atoms with Gasteiger partial charge in [0.05, 0.1) is 13.2 Å². The highest BCUT2D eigenvalue weighted by Gasteiger charge is 2.58. The molecule has 13 nitrogen and oxygen atoms in total. The number of primary amides is 1. The number of ether oxygens (including phenoxy) is 3. The van der Waals surface area contributed by atoms with Gasteiger partial charge in [-0.1, -0.05) is 6.58 Å². The zero-order chi connectivity index (χ0) is 21.6. The Hall–Kier alpha value is -1.23. The summed E-state index contributed by atoms with van der Waals surface area (Å²) in [6, 6.07) is 0. The molecule has 10 N–H and O–H groups in total. The third-order valence-electron chi connectivity index (χ3n) is 4.27. The van der Waals surface area contributed by atoms with Crippen LogP contribution in [-0.4, -0.2) is 121 Å². The van der Waals surface area contributed by atoms with E-state index in [-0.39, 0.29) is 0 Å². The highest BCUT2D eigenvalue weighted by molar-refractivity contribution is 5.84. The lowest BCUT2D eigenvalue weighted by atomic mass is 9.99. The van der Waals surface area contributed by atoms with Gasteiger partial charge in [0, 0.05) is 0 Å². The van der Waals surface area contributed by atoms with Gasteiger partial charge in [0.2, 0.25) is 11.7 Å². The molecule has 0 bridgehead atoms. The highest BCUT2D eigenvalue weighted by atomic mass is 16.8. The smallest absolute Gasteiger partial charge is 0.240 e. The van der Waals surface area contributed by atoms with Crippen molar-refractivity contribution in [2.45, 2.75) is 54.8 Å². The first-order chi connectivity index (χ1) is 13.1. The van der Waals surface area contributed by atoms with Crippen molar-refractivity contribution in [1.82, 2.24) is 0 Å². The first-order valence-corrected chi connectivity index (χ1v) is 8.24. The van der Waals surface area contributed by atoms with Crippen LogP contribution in [0.2, 0.25) is 0 Å². The summed E-state index contributed by atoms with van der Waals surface area (Å²) < 4.78 is 15.4. The van der Waals surface area contributed by atoms with Crippen LogP contribution in [0.4, 0.5) is 0 Å². The molecule has 28 heavy (non-hydrogen) atoms. The number of hydrogen-bond donors (Lipinski definition) is 9. The third kappa shape index (κ3) is 5.22. The maximum atomic E-state index is 10.00. The molecule has 2 saturated heterocycles. The van der Waals surface area contributed by atoms with Gasteiger partial charge in [-0.15, -0.1) is 0 Å². The molecule has 0 aromatic carbocycles. The standard InChI is InChI=1S/C12H22O11.C3H5NO/c13-1-4-6(16)8(18)9(19)11(21-4)23-12(3-15)10(20)7(17)5(2-14)22-12;1-2-3(4)5/h4-11,13-20H,1-3H2;2H,1H2,(H2,4,5)/t4-,5-,6-,7-,8+,9-,10+,11-,12+;/m1./s1. The Labute approximate surface area is 159 Å². The van der Waals surface area contributed by atoms with E-state index in [0.717, 1.165) is 6.08 Å². The van der Waals surface area contributed by atoms with Crippen LogP contribution in [0.15, 0.2) is 12.7 Å². The van der Waals surface area contributed by atoms with Crippen molar-refractivity contribution < 1.29 is 59.9 Å². The highest BCUT2D eigenvalue weighted by Crippen LogP contribution is 2.35. The summed E-state index contributed by atoms with van der Waals surface area (Å²) >= 11 is 0. The Morgan fingerprint density at radius 2 is 1.54 bits per heavy atom. The summed E-state index contributed by atoms with van der Waals surface area (Å²) in [5.41, 5.74) is 4.53. The Balaban J connectivity index is 0.000000696. The van der Waals surface area contributed by atoms with Gasteiger partial charge in [-0.25, -0.2) is 0 Å². The number of carbonyl (C=O) groups is 1. The summed E-state index contributed by atoms with van der Waals surface area (Å²) in [5.74, 6) is -2.70. The van der Waals surface area contributed by atoms with Crippen LogP contribution in [0.1, 0.15) is 0 Å². The molecule has 2 aliphatic rings. The number of nitrogens with two attached hydrogens (primary N) is 1. The minimum atomic E-state index is -2.22. The van der Waals surface area contributed by atoms with Crippen molar-refractivity contribution >= 4 is 5.91 Å². The van der Waals surface area contributed by atoms with Crippen LogP contribution in [0.5, 0.6) is 0 Å². The molecular formula is C15H27NO12. The fourth-order valence-electron chi connectivity index (χ4n) is 2.63. The fraction of sp³-hybridized carbons (Fsp3) is 0.800. The SMILES string of the molecule is C=CC(N)=O.OC[C@H]1O[C@@](CO)(O[C@H]2O[C@H](CO)[C@@H](O)[C@H](O)[C@H]2O)[C@@H](O)[C@@H]1O. The lowest BCUT2D eigenvalue weighted by Gasteiger charge is -2.43. The monoisotopic (exact) mass is 413 g/mol. The minimum absolute atomic E-state index is 0.481. The average molecular weight is 413 g/mol. The zero-order valence-corrected chi connectivity index (χ0v) is 14.8. The van der Waals surface area contributed by atoms with Crippen molar-refractivity contribution in [1.29, 1.82) is 0 Å². The van der Waals surface area contributed by atoms with E-state index in [1.807, 2.05) is 0 Å². The average Bonchev–Trinajstić information content (AvgIpc) is 2.93. The van der Waals surface area contributed by atoms with E-state index in [0.29, 0.717) is 0 Å². The second kappa shape index (κ2) is 10.5. The molecule has 2 fully saturated rings. The zero-order valence-electron chi connectivity index (χ0n) is 14.8. The summed E-state index contributed by atoms with van der Waals surface area (Å²) in [6.45, 7) is 0.763. The molecular weight excluding hydrogens is 386 g/mol. The van der Waals surface area contributed by atoms with Gasteiger partial charge in [-0.2, -0.15) is 0 Å². The molecule has 164 valence electrons. The first-order valence-electron chi connectivity index (χ1n) is 8.24. The largest absolute Gasteiger partial charge is 0.394 e. The third-order valence-corrected chi connectivity index (χ3v) is 4.27. The van der Waals surface area contributed by atoms with Gasteiger partial charge in [0.25, 0.3) is 0 Å². The van der Waals surface area contributed by atoms with E-state index in [9.17, 15) is 35.4 Å². The normalized spacial score (nSPS) is 43.1. The summed E-state index contributed by atoms with van der Waals surface area (Å²) in [4.78, 5) is 9.47. The number of hydrogen-bond acceptors (Lipinski definition) is 12. The van der Waals surface area contributed by atoms with Gasteiger partial charge in [-0.3, -0.25) is 4.79 Å². The molecule has 0 saturated carbocycles. The Morgan fingerprint density at radius 3 is 1.93 bits per heavy atom. The lowest BCUT2D eigenvalue weighted by Crippen LogP contribution is -2.62. The first kappa shape index (κ1) is 24.8. The molecule has 2 heterocycles. The second-order valence-electron chi connectivity index (χ2n) is 6.17. The maximum Gasteiger partial charge on any atom is 0.240 e. The number of aliphatic hydroxyl groups excluding tert-OH is 8. The Morgan fingerprint density at radius 1 is 1.00 bits per heavy atom. The van der Waals surface area contributed by atoms with Crippen LogP contribution in [0, 0.1) is 0 Å². The van der Waals surface area contributed by atoms with Gasteiger partial charge >= 0.3 is 0 Å². The van der Waals surface area contributed by atoms with Crippen molar-refractivity contribution in [3.8, 4) is 0 Å². The van der Waals surface area contributed by atoms with Gasteiger partial charge in [-0.05, 0) is 6.08 Å². The van der Waals surface area contributed by atoms with Gasteiger partial charge in [0.1, 0.15) is 49.3 Å². The van der Waals surface area contributed by atoms with E-state index in [1.54, 1.807) is 0 Å². The number of aliphatic hydroxyl groups is 8. The summed E-state index contributed by atoms with van der Waals surface area (Å²) in [7, 11) is 0. The van der Waals surface area contributed by atoms with Crippen LogP contribution >= 0.6 is 0 Å². The predicted molar refractivity (Wildman–Crippen MR) is 88.0 cm³/mol. The number of carbonyl (C=O) groups excluding carboxylic acids is 1. The maximum absolute atomic E-state index is 10.00. The van der Waals surface area contributed by atoms with Crippen LogP contribution in [0.25, 0.3) is 0 Å². The molecule has 0 aromatic heterocycles. The van der Waals surface area contributed by atoms with Crippen LogP contribution < -0.4 is 5.73 Å². The van der Waals surface area contributed by atoms with E-state index in [1.165, 1.54) is 0 Å². The molecule has 0 spiro atoms. The van der Waals surface area contributed by atoms with E-state index in [2.05, 4.69) is 12.3 Å². The van der Waals surface area contributed by atoms with Crippen LogP contribution in [-0.2, 0) is 19.0 Å². The molecule has 2 aliphatic heterocycles. The van der Waals surface area contributed by atoms with E-state index in [4.69, 9.17) is 24.4 Å². The summed E-state index contributed by atoms with van der Waals surface area (Å²) in [6.07, 6.45) is -11.6. The second-order valence-corrected chi connectivity index (χ2v) is 6.17. The molecule has 0 aromatic rings. The van der Waals surface area contributed by atoms with E-state index < -0.39 is 80.5 Å². The Kier molecular flexibility index (Phi) is 9.32. The summed E-state index contributed by atoms with van der Waals surface area (Å²) in [5, 5.41) is 76.7. The van der Waals surface area contributed by atoms with Gasteiger partial charge < -0.3 is 60.8 Å². The van der Waals surface area contributed by atoms with Crippen molar-refractivity contribution in [3.05, 3.63) is 12.7 Å². The lowest BCUT2D eigenvalue weighted by molar-refractivity contribution is -0.383. The topological polar surface area (TPSA) is 233 Å². The molecule has 1 amide bonds. The predicted octanol–water partition coefficient (Wildman–Crippen LogP) is -5.74.